The molecule has 1 saturated heterocycles. The van der Waals surface area contributed by atoms with E-state index in [0.717, 1.165) is 0 Å². The van der Waals surface area contributed by atoms with Gasteiger partial charge in [-0.3, -0.25) is 4.79 Å². The summed E-state index contributed by atoms with van der Waals surface area (Å²) in [5.41, 5.74) is 6.44. The van der Waals surface area contributed by atoms with E-state index >= 15 is 0 Å². The van der Waals surface area contributed by atoms with Crippen molar-refractivity contribution in [2.75, 3.05) is 25.5 Å². The summed E-state index contributed by atoms with van der Waals surface area (Å²) in [6, 6.07) is 4.95. The summed E-state index contributed by atoms with van der Waals surface area (Å²) in [4.78, 5) is 14.3. The minimum absolute atomic E-state index is 0.0718. The number of nitrogens with zero attached hydrogens (tertiary/aromatic N) is 1. The third kappa shape index (κ3) is 2.44. The Labute approximate surface area is 112 Å². The lowest BCUT2D eigenvalue weighted by Gasteiger charge is -2.42. The van der Waals surface area contributed by atoms with Crippen molar-refractivity contribution < 1.29 is 9.53 Å². The maximum absolute atomic E-state index is 12.5. The van der Waals surface area contributed by atoms with Gasteiger partial charge in [0.1, 0.15) is 0 Å². The number of hydrogen-bond acceptors (Lipinski definition) is 3. The summed E-state index contributed by atoms with van der Waals surface area (Å²) in [5.74, 6) is -0.0718. The fraction of sp³-hybridized carbons (Fsp3) is 0.462. The van der Waals surface area contributed by atoms with E-state index in [1.807, 2.05) is 13.8 Å². The van der Waals surface area contributed by atoms with Gasteiger partial charge in [-0.15, -0.1) is 0 Å². The Hall–Kier alpha value is -1.26. The van der Waals surface area contributed by atoms with Crippen molar-refractivity contribution in [1.82, 2.24) is 4.90 Å². The van der Waals surface area contributed by atoms with Gasteiger partial charge in [0, 0.05) is 17.3 Å². The second-order valence-electron chi connectivity index (χ2n) is 5.05. The highest BCUT2D eigenvalue weighted by atomic mass is 35.5. The molecule has 98 valence electrons. The second-order valence-corrected chi connectivity index (χ2v) is 5.49. The molecular formula is C13H17ClN2O2. The quantitative estimate of drug-likeness (QED) is 0.794. The number of amides is 1. The standard InChI is InChI=1S/C13H17ClN2O2/c1-13(2)8-18-6-5-16(13)12(17)10-4-3-9(14)7-11(10)15/h3-4,7H,5-6,8,15H2,1-2H3. The van der Waals surface area contributed by atoms with Gasteiger partial charge >= 0.3 is 0 Å². The van der Waals surface area contributed by atoms with Gasteiger partial charge in [0.15, 0.2) is 0 Å². The van der Waals surface area contributed by atoms with E-state index in [0.29, 0.717) is 36.0 Å². The van der Waals surface area contributed by atoms with Gasteiger partial charge in [-0.2, -0.15) is 0 Å². The van der Waals surface area contributed by atoms with Crippen LogP contribution in [0.4, 0.5) is 5.69 Å². The Morgan fingerprint density at radius 1 is 1.50 bits per heavy atom. The van der Waals surface area contributed by atoms with E-state index < -0.39 is 0 Å². The second kappa shape index (κ2) is 4.78. The van der Waals surface area contributed by atoms with Crippen LogP contribution in [0, 0.1) is 0 Å². The molecule has 1 heterocycles. The molecule has 1 aliphatic heterocycles. The van der Waals surface area contributed by atoms with E-state index in [-0.39, 0.29) is 11.4 Å². The highest BCUT2D eigenvalue weighted by Gasteiger charge is 2.35. The van der Waals surface area contributed by atoms with Crippen LogP contribution in [0.5, 0.6) is 0 Å². The van der Waals surface area contributed by atoms with E-state index in [9.17, 15) is 4.79 Å². The molecule has 0 bridgehead atoms. The fourth-order valence-electron chi connectivity index (χ4n) is 2.11. The third-order valence-corrected chi connectivity index (χ3v) is 3.37. The molecule has 0 spiro atoms. The van der Waals surface area contributed by atoms with Crippen LogP contribution in [-0.2, 0) is 4.74 Å². The lowest BCUT2D eigenvalue weighted by atomic mass is 10.0. The molecule has 0 aromatic heterocycles. The molecule has 4 nitrogen and oxygen atoms in total. The van der Waals surface area contributed by atoms with Crippen LogP contribution in [0.25, 0.3) is 0 Å². The number of rotatable bonds is 1. The number of nitrogen functional groups attached to an aromatic ring is 1. The number of morpholine rings is 1. The third-order valence-electron chi connectivity index (χ3n) is 3.13. The predicted octanol–water partition coefficient (Wildman–Crippen LogP) is 2.17. The smallest absolute Gasteiger partial charge is 0.256 e. The minimum atomic E-state index is -0.318. The lowest BCUT2D eigenvalue weighted by molar-refractivity contribution is -0.0370. The van der Waals surface area contributed by atoms with Crippen molar-refractivity contribution >= 4 is 23.2 Å². The first-order valence-corrected chi connectivity index (χ1v) is 6.24. The number of ether oxygens (including phenoxy) is 1. The summed E-state index contributed by atoms with van der Waals surface area (Å²) < 4.78 is 5.40. The van der Waals surface area contributed by atoms with Crippen LogP contribution in [0.15, 0.2) is 18.2 Å². The molecule has 18 heavy (non-hydrogen) atoms. The number of anilines is 1. The number of nitrogens with two attached hydrogens (primary N) is 1. The van der Waals surface area contributed by atoms with Gasteiger partial charge in [-0.05, 0) is 32.0 Å². The zero-order valence-corrected chi connectivity index (χ0v) is 11.3. The SMILES string of the molecule is CC1(C)COCCN1C(=O)c1ccc(Cl)cc1N. The number of hydrogen-bond donors (Lipinski definition) is 1. The number of carbonyl (C=O) groups is 1. The van der Waals surface area contributed by atoms with Gasteiger partial charge in [0.25, 0.3) is 5.91 Å². The Bertz CT molecular complexity index is 474. The number of carbonyl (C=O) groups excluding carboxylic acids is 1. The molecule has 0 aliphatic carbocycles. The Morgan fingerprint density at radius 2 is 2.22 bits per heavy atom. The topological polar surface area (TPSA) is 55.6 Å². The van der Waals surface area contributed by atoms with Crippen LogP contribution in [0.1, 0.15) is 24.2 Å². The van der Waals surface area contributed by atoms with Crippen LogP contribution in [-0.4, -0.2) is 36.1 Å². The first kappa shape index (κ1) is 13.2. The number of benzene rings is 1. The molecule has 2 N–H and O–H groups in total. The maximum atomic E-state index is 12.5. The molecule has 1 aliphatic rings. The van der Waals surface area contributed by atoms with Crippen molar-refractivity contribution in [3.05, 3.63) is 28.8 Å². The molecule has 5 heteroatoms. The van der Waals surface area contributed by atoms with Crippen molar-refractivity contribution in [1.29, 1.82) is 0 Å². The zero-order chi connectivity index (χ0) is 13.3. The monoisotopic (exact) mass is 268 g/mol. The average Bonchev–Trinajstić information content (AvgIpc) is 2.27. The molecule has 0 atom stereocenters. The Balaban J connectivity index is 2.30. The normalized spacial score (nSPS) is 18.7. The molecule has 1 fully saturated rings. The molecule has 1 amide bonds. The summed E-state index contributed by atoms with van der Waals surface area (Å²) in [7, 11) is 0. The van der Waals surface area contributed by atoms with Crippen LogP contribution in [0.3, 0.4) is 0 Å². The van der Waals surface area contributed by atoms with Crippen molar-refractivity contribution in [3.63, 3.8) is 0 Å². The highest BCUT2D eigenvalue weighted by Crippen LogP contribution is 2.25. The van der Waals surface area contributed by atoms with E-state index in [2.05, 4.69) is 0 Å². The molecule has 1 aromatic rings. The van der Waals surface area contributed by atoms with Gasteiger partial charge in [0.05, 0.1) is 24.3 Å². The van der Waals surface area contributed by atoms with Gasteiger partial charge in [-0.1, -0.05) is 11.6 Å². The predicted molar refractivity (Wildman–Crippen MR) is 71.8 cm³/mol. The average molecular weight is 269 g/mol. The van der Waals surface area contributed by atoms with Crippen molar-refractivity contribution in [2.45, 2.75) is 19.4 Å². The molecule has 0 radical (unpaired) electrons. The van der Waals surface area contributed by atoms with Crippen LogP contribution < -0.4 is 5.73 Å². The van der Waals surface area contributed by atoms with Crippen LogP contribution >= 0.6 is 11.6 Å². The zero-order valence-electron chi connectivity index (χ0n) is 10.6. The largest absolute Gasteiger partial charge is 0.398 e. The summed E-state index contributed by atoms with van der Waals surface area (Å²) in [6.07, 6.45) is 0. The molecule has 0 saturated carbocycles. The van der Waals surface area contributed by atoms with E-state index in [1.54, 1.807) is 23.1 Å². The maximum Gasteiger partial charge on any atom is 0.256 e. The first-order valence-electron chi connectivity index (χ1n) is 5.86. The highest BCUT2D eigenvalue weighted by molar-refractivity contribution is 6.31. The lowest BCUT2D eigenvalue weighted by Crippen LogP contribution is -2.55. The van der Waals surface area contributed by atoms with Gasteiger partial charge in [0.2, 0.25) is 0 Å². The first-order chi connectivity index (χ1) is 8.42. The molecule has 0 unspecified atom stereocenters. The minimum Gasteiger partial charge on any atom is -0.398 e. The van der Waals surface area contributed by atoms with Crippen molar-refractivity contribution in [2.24, 2.45) is 0 Å². The van der Waals surface area contributed by atoms with Gasteiger partial charge in [-0.25, -0.2) is 0 Å². The summed E-state index contributed by atoms with van der Waals surface area (Å²) in [5, 5.41) is 0.533. The Kier molecular flexibility index (Phi) is 3.50. The van der Waals surface area contributed by atoms with Crippen LogP contribution in [0.2, 0.25) is 5.02 Å². The molecule has 2 rings (SSSR count). The van der Waals surface area contributed by atoms with E-state index in [4.69, 9.17) is 22.1 Å². The Morgan fingerprint density at radius 3 is 2.83 bits per heavy atom. The van der Waals surface area contributed by atoms with Crippen molar-refractivity contribution in [3.8, 4) is 0 Å². The summed E-state index contributed by atoms with van der Waals surface area (Å²) in [6.45, 7) is 5.63. The van der Waals surface area contributed by atoms with E-state index in [1.165, 1.54) is 0 Å². The molecular weight excluding hydrogens is 252 g/mol. The molecule has 1 aromatic carbocycles. The van der Waals surface area contributed by atoms with Gasteiger partial charge < -0.3 is 15.4 Å². The summed E-state index contributed by atoms with van der Waals surface area (Å²) >= 11 is 5.84. The number of halogens is 1. The fourth-order valence-corrected chi connectivity index (χ4v) is 2.29.